The summed E-state index contributed by atoms with van der Waals surface area (Å²) in [4.78, 5) is 16.2. The predicted molar refractivity (Wildman–Crippen MR) is 78.3 cm³/mol. The third-order valence-corrected chi connectivity index (χ3v) is 4.32. The van der Waals surface area contributed by atoms with E-state index >= 15 is 0 Å². The van der Waals surface area contributed by atoms with Gasteiger partial charge in [-0.25, -0.2) is 0 Å². The summed E-state index contributed by atoms with van der Waals surface area (Å²) in [5, 5.41) is 3.37. The molecule has 2 rings (SSSR count). The maximum absolute atomic E-state index is 12.2. The molecule has 0 bridgehead atoms. The van der Waals surface area contributed by atoms with Gasteiger partial charge in [-0.1, -0.05) is 0 Å². The molecule has 112 valence electrons. The normalized spacial score (nSPS) is 18.9. The Morgan fingerprint density at radius 2 is 2.20 bits per heavy atom. The van der Waals surface area contributed by atoms with Crippen LogP contribution in [0, 0.1) is 0 Å². The summed E-state index contributed by atoms with van der Waals surface area (Å²) in [6.45, 7) is 5.22. The van der Waals surface area contributed by atoms with E-state index < -0.39 is 0 Å². The van der Waals surface area contributed by atoms with Crippen LogP contribution in [-0.2, 0) is 11.3 Å². The van der Waals surface area contributed by atoms with Gasteiger partial charge in [0.15, 0.2) is 0 Å². The number of hydrogen-bond donors (Lipinski definition) is 1. The van der Waals surface area contributed by atoms with E-state index in [9.17, 15) is 4.79 Å². The number of carbonyl (C=O) groups excluding carboxylic acids is 1. The van der Waals surface area contributed by atoms with Crippen LogP contribution in [0.25, 0.3) is 0 Å². The van der Waals surface area contributed by atoms with Gasteiger partial charge in [-0.05, 0) is 38.9 Å². The molecule has 1 saturated heterocycles. The molecule has 2 heterocycles. The first-order valence-electron chi connectivity index (χ1n) is 7.20. The third kappa shape index (κ3) is 3.84. The Kier molecular flexibility index (Phi) is 4.83. The standard InChI is InChI=1S/C15H25N3O2/c1-15(16-2)6-8-18(9-7-15)12-14(19)17(3)11-13-5-4-10-20-13/h4-5,10,16H,6-9,11-12H2,1-3H3. The van der Waals surface area contributed by atoms with Crippen molar-refractivity contribution < 1.29 is 9.21 Å². The summed E-state index contributed by atoms with van der Waals surface area (Å²) in [7, 11) is 3.84. The summed E-state index contributed by atoms with van der Waals surface area (Å²) >= 11 is 0. The second-order valence-electron chi connectivity index (χ2n) is 5.92. The van der Waals surface area contributed by atoms with Gasteiger partial charge >= 0.3 is 0 Å². The van der Waals surface area contributed by atoms with Crippen molar-refractivity contribution in [1.29, 1.82) is 0 Å². The molecule has 0 spiro atoms. The zero-order valence-corrected chi connectivity index (χ0v) is 12.7. The van der Waals surface area contributed by atoms with E-state index in [4.69, 9.17) is 4.42 Å². The first kappa shape index (κ1) is 15.1. The Balaban J connectivity index is 1.77. The fourth-order valence-electron chi connectivity index (χ4n) is 2.49. The zero-order chi connectivity index (χ0) is 14.6. The lowest BCUT2D eigenvalue weighted by molar-refractivity contribution is -0.132. The van der Waals surface area contributed by atoms with Crippen molar-refractivity contribution in [3.8, 4) is 0 Å². The third-order valence-electron chi connectivity index (χ3n) is 4.32. The number of hydrogen-bond acceptors (Lipinski definition) is 4. The topological polar surface area (TPSA) is 48.7 Å². The van der Waals surface area contributed by atoms with Gasteiger partial charge in [0, 0.05) is 25.7 Å². The van der Waals surface area contributed by atoms with Crippen LogP contribution < -0.4 is 5.32 Å². The fourth-order valence-corrected chi connectivity index (χ4v) is 2.49. The molecule has 1 N–H and O–H groups in total. The molecule has 1 aliphatic heterocycles. The average molecular weight is 279 g/mol. The van der Waals surface area contributed by atoms with E-state index in [-0.39, 0.29) is 11.4 Å². The number of furan rings is 1. The molecule has 1 fully saturated rings. The molecule has 20 heavy (non-hydrogen) atoms. The summed E-state index contributed by atoms with van der Waals surface area (Å²) in [6.07, 6.45) is 3.80. The molecule has 0 atom stereocenters. The SMILES string of the molecule is CNC1(C)CCN(CC(=O)N(C)Cc2ccco2)CC1. The Bertz CT molecular complexity index is 422. The Hall–Kier alpha value is -1.33. The van der Waals surface area contributed by atoms with Crippen molar-refractivity contribution in [3.63, 3.8) is 0 Å². The number of piperidine rings is 1. The number of likely N-dealkylation sites (tertiary alicyclic amines) is 1. The Morgan fingerprint density at radius 1 is 1.50 bits per heavy atom. The lowest BCUT2D eigenvalue weighted by Gasteiger charge is -2.39. The number of carbonyl (C=O) groups is 1. The van der Waals surface area contributed by atoms with Gasteiger partial charge in [0.1, 0.15) is 5.76 Å². The van der Waals surface area contributed by atoms with Gasteiger partial charge in [-0.15, -0.1) is 0 Å². The number of rotatable bonds is 5. The van der Waals surface area contributed by atoms with Crippen molar-refractivity contribution >= 4 is 5.91 Å². The lowest BCUT2D eigenvalue weighted by Crippen LogP contribution is -2.51. The Morgan fingerprint density at radius 3 is 2.75 bits per heavy atom. The van der Waals surface area contributed by atoms with Crippen molar-refractivity contribution in [3.05, 3.63) is 24.2 Å². The maximum Gasteiger partial charge on any atom is 0.236 e. The number of likely N-dealkylation sites (N-methyl/N-ethyl adjacent to an activating group) is 1. The van der Waals surface area contributed by atoms with Gasteiger partial charge in [0.2, 0.25) is 5.91 Å². The molecule has 0 aliphatic carbocycles. The second kappa shape index (κ2) is 6.41. The first-order valence-corrected chi connectivity index (χ1v) is 7.20. The summed E-state index contributed by atoms with van der Waals surface area (Å²) in [5.41, 5.74) is 0.222. The van der Waals surface area contributed by atoms with Crippen LogP contribution in [0.3, 0.4) is 0 Å². The molecule has 0 aromatic carbocycles. The minimum Gasteiger partial charge on any atom is -0.467 e. The highest BCUT2D eigenvalue weighted by atomic mass is 16.3. The van der Waals surface area contributed by atoms with E-state index in [1.807, 2.05) is 26.2 Å². The van der Waals surface area contributed by atoms with Crippen LogP contribution in [0.4, 0.5) is 0 Å². The van der Waals surface area contributed by atoms with Crippen molar-refractivity contribution in [2.75, 3.05) is 33.7 Å². The van der Waals surface area contributed by atoms with Crippen LogP contribution in [0.2, 0.25) is 0 Å². The van der Waals surface area contributed by atoms with E-state index in [2.05, 4.69) is 17.1 Å². The predicted octanol–water partition coefficient (Wildman–Crippen LogP) is 1.31. The molecule has 1 aliphatic rings. The maximum atomic E-state index is 12.2. The smallest absolute Gasteiger partial charge is 0.236 e. The van der Waals surface area contributed by atoms with Crippen LogP contribution in [0.5, 0.6) is 0 Å². The van der Waals surface area contributed by atoms with Gasteiger partial charge in [0.25, 0.3) is 0 Å². The summed E-state index contributed by atoms with van der Waals surface area (Å²) in [6, 6.07) is 3.74. The zero-order valence-electron chi connectivity index (χ0n) is 12.7. The number of nitrogens with zero attached hydrogens (tertiary/aromatic N) is 2. The van der Waals surface area contributed by atoms with Crippen LogP contribution in [-0.4, -0.2) is 55.0 Å². The molecular formula is C15H25N3O2. The van der Waals surface area contributed by atoms with Gasteiger partial charge in [0.05, 0.1) is 19.4 Å². The highest BCUT2D eigenvalue weighted by molar-refractivity contribution is 5.77. The summed E-state index contributed by atoms with van der Waals surface area (Å²) < 4.78 is 5.27. The van der Waals surface area contributed by atoms with E-state index in [0.717, 1.165) is 31.7 Å². The van der Waals surface area contributed by atoms with Crippen LogP contribution in [0.1, 0.15) is 25.5 Å². The molecule has 0 saturated carbocycles. The van der Waals surface area contributed by atoms with Crippen LogP contribution in [0.15, 0.2) is 22.8 Å². The van der Waals surface area contributed by atoms with Crippen molar-refractivity contribution in [2.45, 2.75) is 31.8 Å². The minimum absolute atomic E-state index is 0.148. The van der Waals surface area contributed by atoms with Gasteiger partial charge < -0.3 is 14.6 Å². The molecule has 5 heteroatoms. The van der Waals surface area contributed by atoms with E-state index in [1.54, 1.807) is 11.2 Å². The molecule has 1 amide bonds. The molecular weight excluding hydrogens is 254 g/mol. The summed E-state index contributed by atoms with van der Waals surface area (Å²) in [5.74, 6) is 0.969. The Labute approximate surface area is 120 Å². The number of nitrogens with one attached hydrogen (secondary N) is 1. The van der Waals surface area contributed by atoms with Crippen LogP contribution >= 0.6 is 0 Å². The van der Waals surface area contributed by atoms with Crippen molar-refractivity contribution in [1.82, 2.24) is 15.1 Å². The second-order valence-corrected chi connectivity index (χ2v) is 5.92. The van der Waals surface area contributed by atoms with Gasteiger partial charge in [-0.2, -0.15) is 0 Å². The lowest BCUT2D eigenvalue weighted by atomic mass is 9.90. The van der Waals surface area contributed by atoms with Crippen molar-refractivity contribution in [2.24, 2.45) is 0 Å². The molecule has 5 nitrogen and oxygen atoms in total. The molecule has 1 aromatic rings. The monoisotopic (exact) mass is 279 g/mol. The molecule has 0 unspecified atom stereocenters. The van der Waals surface area contributed by atoms with Gasteiger partial charge in [-0.3, -0.25) is 9.69 Å². The van der Waals surface area contributed by atoms with E-state index in [0.29, 0.717) is 13.1 Å². The first-order chi connectivity index (χ1) is 9.52. The highest BCUT2D eigenvalue weighted by Gasteiger charge is 2.29. The number of amides is 1. The minimum atomic E-state index is 0.148. The highest BCUT2D eigenvalue weighted by Crippen LogP contribution is 2.20. The largest absolute Gasteiger partial charge is 0.467 e. The fraction of sp³-hybridized carbons (Fsp3) is 0.667. The molecule has 0 radical (unpaired) electrons. The van der Waals surface area contributed by atoms with E-state index in [1.165, 1.54) is 0 Å². The quantitative estimate of drug-likeness (QED) is 0.883. The molecule has 1 aromatic heterocycles. The average Bonchev–Trinajstić information content (AvgIpc) is 2.94.